The van der Waals surface area contributed by atoms with Gasteiger partial charge < -0.3 is 15.3 Å². The zero-order valence-corrected chi connectivity index (χ0v) is 8.75. The third kappa shape index (κ3) is 1.78. The van der Waals surface area contributed by atoms with E-state index in [2.05, 4.69) is 5.32 Å². The van der Waals surface area contributed by atoms with Gasteiger partial charge in [0.25, 0.3) is 0 Å². The average Bonchev–Trinajstić information content (AvgIpc) is 2.64. The Hall–Kier alpha value is -1.62. The van der Waals surface area contributed by atoms with Crippen molar-refractivity contribution < 1.29 is 9.90 Å². The van der Waals surface area contributed by atoms with Crippen molar-refractivity contribution in [3.05, 3.63) is 29.8 Å². The molecule has 15 heavy (non-hydrogen) atoms. The number of thiocarbonyl (C=S) groups is 1. The third-order valence-corrected chi connectivity index (χ3v) is 2.65. The van der Waals surface area contributed by atoms with Crippen LogP contribution in [-0.4, -0.2) is 29.3 Å². The van der Waals surface area contributed by atoms with Crippen LogP contribution in [-0.2, 0) is 0 Å². The maximum atomic E-state index is 11.0. The molecule has 2 rings (SSSR count). The van der Waals surface area contributed by atoms with Crippen molar-refractivity contribution in [1.29, 1.82) is 0 Å². The zero-order valence-electron chi connectivity index (χ0n) is 7.93. The molecule has 1 aliphatic heterocycles. The van der Waals surface area contributed by atoms with E-state index in [0.29, 0.717) is 17.3 Å². The van der Waals surface area contributed by atoms with Gasteiger partial charge in [0.2, 0.25) is 0 Å². The van der Waals surface area contributed by atoms with Crippen LogP contribution in [0, 0.1) is 0 Å². The van der Waals surface area contributed by atoms with Crippen LogP contribution in [0.3, 0.4) is 0 Å². The number of carbonyl (C=O) groups is 1. The number of aromatic carboxylic acids is 1. The molecule has 0 radical (unpaired) electrons. The third-order valence-electron chi connectivity index (χ3n) is 2.28. The summed E-state index contributed by atoms with van der Waals surface area (Å²) in [5.74, 6) is -0.930. The molecule has 0 saturated carbocycles. The minimum atomic E-state index is -0.930. The Morgan fingerprint density at radius 3 is 2.80 bits per heavy atom. The number of nitrogens with zero attached hydrogens (tertiary/aromatic N) is 1. The standard InChI is InChI=1S/C10H10N2O2S/c13-9(14)7-3-1-2-4-8(7)12-6-5-11-10(12)15/h1-4H,5-6H2,(H,11,15)(H,13,14). The molecular weight excluding hydrogens is 212 g/mol. The van der Waals surface area contributed by atoms with E-state index in [1.165, 1.54) is 0 Å². The highest BCUT2D eigenvalue weighted by atomic mass is 32.1. The van der Waals surface area contributed by atoms with E-state index in [1.807, 2.05) is 6.07 Å². The fourth-order valence-corrected chi connectivity index (χ4v) is 1.88. The number of benzene rings is 1. The van der Waals surface area contributed by atoms with Crippen molar-refractivity contribution in [1.82, 2.24) is 5.32 Å². The normalized spacial score (nSPS) is 15.2. The fourth-order valence-electron chi connectivity index (χ4n) is 1.59. The van der Waals surface area contributed by atoms with Gasteiger partial charge >= 0.3 is 5.97 Å². The summed E-state index contributed by atoms with van der Waals surface area (Å²) in [7, 11) is 0. The lowest BCUT2D eigenvalue weighted by Gasteiger charge is -2.18. The molecule has 0 atom stereocenters. The molecule has 4 nitrogen and oxygen atoms in total. The Balaban J connectivity index is 2.42. The summed E-state index contributed by atoms with van der Waals surface area (Å²) in [5.41, 5.74) is 0.934. The molecule has 0 aliphatic carbocycles. The van der Waals surface area contributed by atoms with Crippen LogP contribution in [0.2, 0.25) is 0 Å². The van der Waals surface area contributed by atoms with Gasteiger partial charge in [-0.25, -0.2) is 4.79 Å². The number of para-hydroxylation sites is 1. The summed E-state index contributed by atoms with van der Waals surface area (Å²) >= 11 is 5.09. The second kappa shape index (κ2) is 3.86. The largest absolute Gasteiger partial charge is 0.478 e. The zero-order chi connectivity index (χ0) is 10.8. The number of anilines is 1. The van der Waals surface area contributed by atoms with Gasteiger partial charge in [-0.05, 0) is 24.4 Å². The maximum Gasteiger partial charge on any atom is 0.337 e. The topological polar surface area (TPSA) is 52.6 Å². The second-order valence-electron chi connectivity index (χ2n) is 3.21. The first-order valence-electron chi connectivity index (χ1n) is 4.58. The number of carboxylic acids is 1. The van der Waals surface area contributed by atoms with Gasteiger partial charge in [-0.15, -0.1) is 0 Å². The molecule has 1 saturated heterocycles. The monoisotopic (exact) mass is 222 g/mol. The molecule has 2 N–H and O–H groups in total. The minimum Gasteiger partial charge on any atom is -0.478 e. The van der Waals surface area contributed by atoms with Crippen LogP contribution in [0.15, 0.2) is 24.3 Å². The van der Waals surface area contributed by atoms with Gasteiger partial charge in [0.15, 0.2) is 5.11 Å². The number of carboxylic acid groups (broad SMARTS) is 1. The first kappa shape index (κ1) is 9.92. The number of nitrogens with one attached hydrogen (secondary N) is 1. The van der Waals surface area contributed by atoms with Crippen LogP contribution in [0.5, 0.6) is 0 Å². The fraction of sp³-hybridized carbons (Fsp3) is 0.200. The Morgan fingerprint density at radius 2 is 2.20 bits per heavy atom. The number of hydrogen-bond acceptors (Lipinski definition) is 2. The van der Waals surface area contributed by atoms with Gasteiger partial charge in [0, 0.05) is 13.1 Å². The van der Waals surface area contributed by atoms with E-state index in [0.717, 1.165) is 6.54 Å². The molecule has 1 aromatic carbocycles. The first-order valence-corrected chi connectivity index (χ1v) is 4.98. The first-order chi connectivity index (χ1) is 7.20. The quantitative estimate of drug-likeness (QED) is 0.733. The maximum absolute atomic E-state index is 11.0. The van der Waals surface area contributed by atoms with Crippen LogP contribution in [0.25, 0.3) is 0 Å². The minimum absolute atomic E-state index is 0.281. The van der Waals surface area contributed by atoms with Crippen LogP contribution < -0.4 is 10.2 Å². The van der Waals surface area contributed by atoms with E-state index >= 15 is 0 Å². The Labute approximate surface area is 92.5 Å². The summed E-state index contributed by atoms with van der Waals surface area (Å²) < 4.78 is 0. The second-order valence-corrected chi connectivity index (χ2v) is 3.59. The highest BCUT2D eigenvalue weighted by Crippen LogP contribution is 2.21. The molecule has 0 spiro atoms. The van der Waals surface area contributed by atoms with E-state index < -0.39 is 5.97 Å². The average molecular weight is 222 g/mol. The molecular formula is C10H10N2O2S. The predicted octanol–water partition coefficient (Wildman–Crippen LogP) is 1.08. The molecule has 1 fully saturated rings. The summed E-state index contributed by atoms with van der Waals surface area (Å²) in [6.07, 6.45) is 0. The molecule has 1 heterocycles. The van der Waals surface area contributed by atoms with Crippen LogP contribution in [0.4, 0.5) is 5.69 Å². The van der Waals surface area contributed by atoms with Crippen LogP contribution in [0.1, 0.15) is 10.4 Å². The van der Waals surface area contributed by atoms with Crippen molar-refractivity contribution in [3.63, 3.8) is 0 Å². The smallest absolute Gasteiger partial charge is 0.337 e. The number of hydrogen-bond donors (Lipinski definition) is 2. The molecule has 0 amide bonds. The molecule has 1 aliphatic rings. The molecule has 1 aromatic rings. The summed E-state index contributed by atoms with van der Waals surface area (Å²) in [4.78, 5) is 12.8. The van der Waals surface area contributed by atoms with Crippen molar-refractivity contribution >= 4 is 29.0 Å². The van der Waals surface area contributed by atoms with Gasteiger partial charge in [-0.2, -0.15) is 0 Å². The Morgan fingerprint density at radius 1 is 1.47 bits per heavy atom. The van der Waals surface area contributed by atoms with Crippen LogP contribution >= 0.6 is 12.2 Å². The molecule has 0 aromatic heterocycles. The summed E-state index contributed by atoms with van der Waals surface area (Å²) in [5, 5.41) is 12.6. The van der Waals surface area contributed by atoms with E-state index in [-0.39, 0.29) is 5.56 Å². The van der Waals surface area contributed by atoms with E-state index in [4.69, 9.17) is 17.3 Å². The molecule has 0 bridgehead atoms. The highest BCUT2D eigenvalue weighted by Gasteiger charge is 2.22. The molecule has 78 valence electrons. The Bertz CT molecular complexity index is 420. The van der Waals surface area contributed by atoms with Crippen molar-refractivity contribution in [2.24, 2.45) is 0 Å². The highest BCUT2D eigenvalue weighted by molar-refractivity contribution is 7.80. The summed E-state index contributed by atoms with van der Waals surface area (Å²) in [6.45, 7) is 1.47. The molecule has 5 heteroatoms. The van der Waals surface area contributed by atoms with Crippen molar-refractivity contribution in [3.8, 4) is 0 Å². The summed E-state index contributed by atoms with van der Waals surface area (Å²) in [6, 6.07) is 6.86. The van der Waals surface area contributed by atoms with Crippen molar-refractivity contribution in [2.45, 2.75) is 0 Å². The number of rotatable bonds is 2. The van der Waals surface area contributed by atoms with Gasteiger partial charge in [-0.1, -0.05) is 12.1 Å². The van der Waals surface area contributed by atoms with E-state index in [9.17, 15) is 4.79 Å². The van der Waals surface area contributed by atoms with Gasteiger partial charge in [0.1, 0.15) is 0 Å². The molecule has 0 unspecified atom stereocenters. The van der Waals surface area contributed by atoms with Crippen molar-refractivity contribution in [2.75, 3.05) is 18.0 Å². The van der Waals surface area contributed by atoms with E-state index in [1.54, 1.807) is 23.1 Å². The Kier molecular flexibility index (Phi) is 2.55. The lowest BCUT2D eigenvalue weighted by atomic mass is 10.1. The lowest BCUT2D eigenvalue weighted by Crippen LogP contribution is -2.28. The lowest BCUT2D eigenvalue weighted by molar-refractivity contribution is 0.0697. The van der Waals surface area contributed by atoms with Gasteiger partial charge in [0.05, 0.1) is 11.3 Å². The SMILES string of the molecule is O=C(O)c1ccccc1N1CCNC1=S. The van der Waals surface area contributed by atoms with Gasteiger partial charge in [-0.3, -0.25) is 0 Å². The predicted molar refractivity (Wildman–Crippen MR) is 61.3 cm³/mol.